The minimum atomic E-state index is -0.219. The predicted molar refractivity (Wildman–Crippen MR) is 100 cm³/mol. The zero-order chi connectivity index (χ0) is 17.9. The molecule has 0 radical (unpaired) electrons. The Labute approximate surface area is 154 Å². The van der Waals surface area contributed by atoms with Gasteiger partial charge in [-0.2, -0.15) is 0 Å². The van der Waals surface area contributed by atoms with E-state index < -0.39 is 0 Å². The van der Waals surface area contributed by atoms with Crippen LogP contribution in [-0.2, 0) is 4.79 Å². The zero-order valence-electron chi connectivity index (χ0n) is 13.9. The van der Waals surface area contributed by atoms with Crippen LogP contribution in [0.25, 0.3) is 11.1 Å². The summed E-state index contributed by atoms with van der Waals surface area (Å²) in [6.07, 6.45) is 2.03. The van der Waals surface area contributed by atoms with E-state index in [1.54, 1.807) is 24.3 Å². The van der Waals surface area contributed by atoms with Crippen molar-refractivity contribution in [3.05, 3.63) is 54.1 Å². The van der Waals surface area contributed by atoms with Crippen molar-refractivity contribution in [2.45, 2.75) is 24.1 Å². The number of oxazole rings is 1. The smallest absolute Gasteiger partial charge is 0.257 e. The second-order valence-corrected chi connectivity index (χ2v) is 7.00. The molecule has 26 heavy (non-hydrogen) atoms. The van der Waals surface area contributed by atoms with Gasteiger partial charge in [-0.05, 0) is 37.1 Å². The van der Waals surface area contributed by atoms with Crippen LogP contribution in [0.4, 0.5) is 5.69 Å². The van der Waals surface area contributed by atoms with Crippen molar-refractivity contribution >= 4 is 40.4 Å². The van der Waals surface area contributed by atoms with Crippen LogP contribution in [0, 0.1) is 0 Å². The highest BCUT2D eigenvalue weighted by atomic mass is 32.2. The lowest BCUT2D eigenvalue weighted by atomic mass is 10.1. The van der Waals surface area contributed by atoms with E-state index in [0.717, 1.165) is 18.4 Å². The van der Waals surface area contributed by atoms with Crippen molar-refractivity contribution in [3.63, 3.8) is 0 Å². The van der Waals surface area contributed by atoms with E-state index in [0.29, 0.717) is 22.1 Å². The quantitative estimate of drug-likeness (QED) is 0.652. The van der Waals surface area contributed by atoms with Crippen molar-refractivity contribution in [3.8, 4) is 0 Å². The number of rotatable bonds is 6. The lowest BCUT2D eigenvalue weighted by molar-refractivity contribution is -0.113. The molecule has 2 aromatic carbocycles. The summed E-state index contributed by atoms with van der Waals surface area (Å²) >= 11 is 1.22. The molecule has 0 aliphatic heterocycles. The number of fused-ring (bicyclic) bond motifs is 1. The molecule has 1 heterocycles. The van der Waals surface area contributed by atoms with Gasteiger partial charge in [0.15, 0.2) is 5.58 Å². The molecule has 132 valence electrons. The van der Waals surface area contributed by atoms with Gasteiger partial charge < -0.3 is 15.1 Å². The van der Waals surface area contributed by atoms with Gasteiger partial charge in [-0.15, -0.1) is 0 Å². The van der Waals surface area contributed by atoms with Crippen LogP contribution in [0.5, 0.6) is 0 Å². The number of carbonyl (C=O) groups is 2. The summed E-state index contributed by atoms with van der Waals surface area (Å²) in [6, 6.07) is 14.7. The fourth-order valence-corrected chi connectivity index (χ4v) is 3.15. The Morgan fingerprint density at radius 2 is 1.88 bits per heavy atom. The molecule has 0 spiro atoms. The number of hydrogen-bond acceptors (Lipinski definition) is 5. The Balaban J connectivity index is 1.39. The molecule has 0 saturated heterocycles. The Hall–Kier alpha value is -2.80. The number of nitrogens with zero attached hydrogens (tertiary/aromatic N) is 1. The van der Waals surface area contributed by atoms with E-state index in [2.05, 4.69) is 15.6 Å². The molecule has 1 aliphatic carbocycles. The molecule has 0 bridgehead atoms. The molecule has 0 atom stereocenters. The van der Waals surface area contributed by atoms with Gasteiger partial charge in [-0.3, -0.25) is 9.59 Å². The predicted octanol–water partition coefficient (Wildman–Crippen LogP) is 3.45. The molecule has 2 amide bonds. The monoisotopic (exact) mass is 367 g/mol. The van der Waals surface area contributed by atoms with Crippen LogP contribution >= 0.6 is 11.8 Å². The first kappa shape index (κ1) is 16.7. The van der Waals surface area contributed by atoms with Gasteiger partial charge in [0, 0.05) is 6.04 Å². The van der Waals surface area contributed by atoms with E-state index in [-0.39, 0.29) is 23.6 Å². The molecule has 6 nitrogen and oxygen atoms in total. The van der Waals surface area contributed by atoms with Crippen LogP contribution in [0.3, 0.4) is 0 Å². The van der Waals surface area contributed by atoms with Gasteiger partial charge in [-0.25, -0.2) is 4.98 Å². The Bertz CT molecular complexity index is 932. The zero-order valence-corrected chi connectivity index (χ0v) is 14.7. The average Bonchev–Trinajstić information content (AvgIpc) is 3.35. The van der Waals surface area contributed by atoms with E-state index in [1.165, 1.54) is 11.8 Å². The second-order valence-electron chi connectivity index (χ2n) is 6.08. The van der Waals surface area contributed by atoms with Gasteiger partial charge >= 0.3 is 0 Å². The summed E-state index contributed by atoms with van der Waals surface area (Å²) in [6.45, 7) is 0. The largest absolute Gasteiger partial charge is 0.431 e. The van der Waals surface area contributed by atoms with E-state index >= 15 is 0 Å². The lowest BCUT2D eigenvalue weighted by Crippen LogP contribution is -2.27. The Morgan fingerprint density at radius 1 is 1.12 bits per heavy atom. The lowest BCUT2D eigenvalue weighted by Gasteiger charge is -2.10. The van der Waals surface area contributed by atoms with Crippen LogP contribution in [0.1, 0.15) is 23.2 Å². The fraction of sp³-hybridized carbons (Fsp3) is 0.211. The SMILES string of the molecule is O=C(CSc1nc2ccccc2o1)Nc1ccccc1C(=O)NC1CC1. The van der Waals surface area contributed by atoms with Crippen molar-refractivity contribution in [1.29, 1.82) is 0 Å². The van der Waals surface area contributed by atoms with Crippen LogP contribution in [0.15, 0.2) is 58.2 Å². The Kier molecular flexibility index (Phi) is 4.62. The normalized spacial score (nSPS) is 13.5. The van der Waals surface area contributed by atoms with Crippen LogP contribution in [0.2, 0.25) is 0 Å². The summed E-state index contributed by atoms with van der Waals surface area (Å²) in [5.74, 6) is -0.232. The summed E-state index contributed by atoms with van der Waals surface area (Å²) in [5.41, 5.74) is 2.43. The van der Waals surface area contributed by atoms with Gasteiger partial charge in [-0.1, -0.05) is 36.0 Å². The molecule has 1 fully saturated rings. The second kappa shape index (κ2) is 7.21. The molecule has 1 aliphatic rings. The first-order valence-corrected chi connectivity index (χ1v) is 9.36. The molecule has 2 N–H and O–H groups in total. The van der Waals surface area contributed by atoms with Crippen molar-refractivity contribution in [2.24, 2.45) is 0 Å². The van der Waals surface area contributed by atoms with Crippen LogP contribution < -0.4 is 10.6 Å². The standard InChI is InChI=1S/C19H17N3O3S/c23-17(11-26-19-22-15-7-3-4-8-16(15)25-19)21-14-6-2-1-5-13(14)18(24)20-12-9-10-12/h1-8,12H,9-11H2,(H,20,24)(H,21,23). The number of carbonyl (C=O) groups excluding carboxylic acids is 2. The van der Waals surface area contributed by atoms with Gasteiger partial charge in [0.25, 0.3) is 11.1 Å². The average molecular weight is 367 g/mol. The van der Waals surface area contributed by atoms with Crippen LogP contribution in [-0.4, -0.2) is 28.6 Å². The maximum atomic E-state index is 12.3. The number of para-hydroxylation sites is 3. The molecular weight excluding hydrogens is 350 g/mol. The maximum Gasteiger partial charge on any atom is 0.257 e. The third-order valence-electron chi connectivity index (χ3n) is 3.96. The number of anilines is 1. The highest BCUT2D eigenvalue weighted by Crippen LogP contribution is 2.24. The van der Waals surface area contributed by atoms with Gasteiger partial charge in [0.1, 0.15) is 5.52 Å². The van der Waals surface area contributed by atoms with Gasteiger partial charge in [0.05, 0.1) is 17.0 Å². The van der Waals surface area contributed by atoms with E-state index in [9.17, 15) is 9.59 Å². The fourth-order valence-electron chi connectivity index (χ4n) is 2.51. The first-order chi connectivity index (χ1) is 12.7. The summed E-state index contributed by atoms with van der Waals surface area (Å²) in [4.78, 5) is 28.9. The summed E-state index contributed by atoms with van der Waals surface area (Å²) in [5, 5.41) is 6.18. The van der Waals surface area contributed by atoms with E-state index in [1.807, 2.05) is 24.3 Å². The van der Waals surface area contributed by atoms with Crippen molar-refractivity contribution < 1.29 is 14.0 Å². The number of nitrogens with one attached hydrogen (secondary N) is 2. The highest BCUT2D eigenvalue weighted by Gasteiger charge is 2.25. The number of aromatic nitrogens is 1. The molecule has 1 saturated carbocycles. The molecule has 7 heteroatoms. The topological polar surface area (TPSA) is 84.2 Å². The van der Waals surface area contributed by atoms with E-state index in [4.69, 9.17) is 4.42 Å². The Morgan fingerprint density at radius 3 is 2.69 bits per heavy atom. The minimum absolute atomic E-state index is 0.144. The molecule has 4 rings (SSSR count). The van der Waals surface area contributed by atoms with Gasteiger partial charge in [0.2, 0.25) is 5.91 Å². The maximum absolute atomic E-state index is 12.3. The molecule has 1 aromatic heterocycles. The highest BCUT2D eigenvalue weighted by molar-refractivity contribution is 7.99. The summed E-state index contributed by atoms with van der Waals surface area (Å²) in [7, 11) is 0. The van der Waals surface area contributed by atoms with Crippen molar-refractivity contribution in [2.75, 3.05) is 11.1 Å². The summed E-state index contributed by atoms with van der Waals surface area (Å²) < 4.78 is 5.59. The third-order valence-corrected chi connectivity index (χ3v) is 4.79. The number of thioether (sulfide) groups is 1. The van der Waals surface area contributed by atoms with Crippen molar-refractivity contribution in [1.82, 2.24) is 10.3 Å². The number of amides is 2. The first-order valence-electron chi connectivity index (χ1n) is 8.37. The minimum Gasteiger partial charge on any atom is -0.431 e. The number of benzene rings is 2. The number of hydrogen-bond donors (Lipinski definition) is 2. The molecular formula is C19H17N3O3S. The molecule has 0 unspecified atom stereocenters. The molecule has 3 aromatic rings. The third kappa shape index (κ3) is 3.88.